The highest BCUT2D eigenvalue weighted by atomic mass is 35.5. The number of nitrogens with zero attached hydrogens (tertiary/aromatic N) is 2. The van der Waals surface area contributed by atoms with Crippen molar-refractivity contribution in [3.63, 3.8) is 0 Å². The van der Waals surface area contributed by atoms with E-state index in [0.717, 1.165) is 17.7 Å². The van der Waals surface area contributed by atoms with Gasteiger partial charge in [-0.05, 0) is 36.4 Å². The summed E-state index contributed by atoms with van der Waals surface area (Å²) in [5.41, 5.74) is 0.794. The summed E-state index contributed by atoms with van der Waals surface area (Å²) in [7, 11) is 0. The van der Waals surface area contributed by atoms with E-state index in [-0.39, 0.29) is 18.1 Å². The number of benzene rings is 2. The maximum atomic E-state index is 13.0. The van der Waals surface area contributed by atoms with Crippen molar-refractivity contribution in [2.24, 2.45) is 0 Å². The minimum atomic E-state index is -4.58. The Bertz CT molecular complexity index is 1180. The molecular formula is C20H11ClF3N3O2S. The van der Waals surface area contributed by atoms with Crippen molar-refractivity contribution >= 4 is 34.2 Å². The van der Waals surface area contributed by atoms with Crippen molar-refractivity contribution in [3.8, 4) is 28.8 Å². The van der Waals surface area contributed by atoms with Crippen LogP contribution in [0.4, 0.5) is 18.9 Å². The van der Waals surface area contributed by atoms with Gasteiger partial charge < -0.3 is 14.8 Å². The Morgan fingerprint density at radius 2 is 2.00 bits per heavy atom. The van der Waals surface area contributed by atoms with Crippen LogP contribution in [0.1, 0.15) is 10.6 Å². The van der Waals surface area contributed by atoms with Crippen LogP contribution in [-0.4, -0.2) is 11.8 Å². The molecule has 0 saturated heterocycles. The smallest absolute Gasteiger partial charge is 0.417 e. The Morgan fingerprint density at radius 3 is 2.77 bits per heavy atom. The predicted octanol–water partition coefficient (Wildman–Crippen LogP) is 6.19. The number of thiazole rings is 1. The molecule has 0 aliphatic carbocycles. The molecule has 152 valence electrons. The van der Waals surface area contributed by atoms with Gasteiger partial charge >= 0.3 is 6.18 Å². The molecule has 30 heavy (non-hydrogen) atoms. The summed E-state index contributed by atoms with van der Waals surface area (Å²) in [4.78, 5) is 4.45. The van der Waals surface area contributed by atoms with Crippen LogP contribution in [0, 0.1) is 11.3 Å². The Balaban J connectivity index is 1.57. The number of ether oxygens (including phenoxy) is 2. The van der Waals surface area contributed by atoms with Crippen LogP contribution < -0.4 is 14.8 Å². The van der Waals surface area contributed by atoms with E-state index in [1.54, 1.807) is 17.5 Å². The van der Waals surface area contributed by atoms with E-state index in [1.165, 1.54) is 23.6 Å². The van der Waals surface area contributed by atoms with Crippen molar-refractivity contribution in [2.75, 3.05) is 12.1 Å². The van der Waals surface area contributed by atoms with Gasteiger partial charge in [0.25, 0.3) is 0 Å². The molecule has 0 spiro atoms. The number of halogens is 4. The second-order valence-corrected chi connectivity index (χ2v) is 7.38. The summed E-state index contributed by atoms with van der Waals surface area (Å²) in [6.45, 7) is 0.162. The van der Waals surface area contributed by atoms with Crippen molar-refractivity contribution in [1.29, 1.82) is 5.26 Å². The lowest BCUT2D eigenvalue weighted by molar-refractivity contribution is -0.137. The molecule has 0 bridgehead atoms. The van der Waals surface area contributed by atoms with E-state index in [2.05, 4.69) is 10.3 Å². The molecule has 1 aliphatic rings. The van der Waals surface area contributed by atoms with Gasteiger partial charge in [0.2, 0.25) is 6.79 Å². The SMILES string of the molecule is N#C/C(=C\Nc1ccc(Cl)c(C(F)(F)F)c1)c1nc(-c2ccc3c(c2)OCO3)cs1. The highest BCUT2D eigenvalue weighted by molar-refractivity contribution is 7.11. The summed E-state index contributed by atoms with van der Waals surface area (Å²) >= 11 is 6.86. The van der Waals surface area contributed by atoms with Gasteiger partial charge in [-0.25, -0.2) is 4.98 Å². The van der Waals surface area contributed by atoms with Crippen molar-refractivity contribution in [3.05, 3.63) is 63.6 Å². The van der Waals surface area contributed by atoms with Crippen LogP contribution in [0.25, 0.3) is 16.8 Å². The van der Waals surface area contributed by atoms with Crippen LogP contribution >= 0.6 is 22.9 Å². The molecule has 4 rings (SSSR count). The molecule has 5 nitrogen and oxygen atoms in total. The standard InChI is InChI=1S/C20H11ClF3N3O2S/c21-15-3-2-13(6-14(15)20(22,23)24)26-8-12(7-25)19-27-16(9-30-19)11-1-4-17-18(5-11)29-10-28-17/h1-6,8-9,26H,10H2/b12-8+. The molecule has 2 heterocycles. The van der Waals surface area contributed by atoms with E-state index in [0.29, 0.717) is 22.2 Å². The van der Waals surface area contributed by atoms with Crippen molar-refractivity contribution in [2.45, 2.75) is 6.18 Å². The normalized spacial score (nSPS) is 13.2. The maximum absolute atomic E-state index is 13.0. The Kier molecular flexibility index (Phi) is 5.28. The maximum Gasteiger partial charge on any atom is 0.417 e. The summed E-state index contributed by atoms with van der Waals surface area (Å²) in [6.07, 6.45) is -3.27. The molecule has 0 saturated carbocycles. The number of aromatic nitrogens is 1. The van der Waals surface area contributed by atoms with Gasteiger partial charge in [0.1, 0.15) is 16.6 Å². The average Bonchev–Trinajstić information content (AvgIpc) is 3.37. The zero-order chi connectivity index (χ0) is 21.3. The number of nitriles is 1. The summed E-state index contributed by atoms with van der Waals surface area (Å²) < 4.78 is 49.6. The first-order valence-corrected chi connectivity index (χ1v) is 9.70. The number of hydrogen-bond donors (Lipinski definition) is 1. The van der Waals surface area contributed by atoms with Crippen LogP contribution in [-0.2, 0) is 6.18 Å². The lowest BCUT2D eigenvalue weighted by atomic mass is 10.1. The molecule has 10 heteroatoms. The highest BCUT2D eigenvalue weighted by Gasteiger charge is 2.33. The summed E-state index contributed by atoms with van der Waals surface area (Å²) in [6, 6.07) is 10.8. The van der Waals surface area contributed by atoms with E-state index >= 15 is 0 Å². The highest BCUT2D eigenvalue weighted by Crippen LogP contribution is 2.37. The van der Waals surface area contributed by atoms with Gasteiger partial charge in [0, 0.05) is 22.8 Å². The van der Waals surface area contributed by atoms with Crippen LogP contribution in [0.3, 0.4) is 0 Å². The second-order valence-electron chi connectivity index (χ2n) is 6.11. The Morgan fingerprint density at radius 1 is 1.20 bits per heavy atom. The number of alkyl halides is 3. The van der Waals surface area contributed by atoms with Crippen molar-refractivity contribution < 1.29 is 22.6 Å². The van der Waals surface area contributed by atoms with Gasteiger partial charge in [-0.3, -0.25) is 0 Å². The first-order chi connectivity index (χ1) is 14.3. The molecule has 0 amide bonds. The van der Waals surface area contributed by atoms with Crippen LogP contribution in [0.2, 0.25) is 5.02 Å². The fourth-order valence-electron chi connectivity index (χ4n) is 2.72. The molecule has 1 aliphatic heterocycles. The third-order valence-corrected chi connectivity index (χ3v) is 5.38. The number of allylic oxidation sites excluding steroid dienone is 1. The Hall–Kier alpha value is -3.22. The summed E-state index contributed by atoms with van der Waals surface area (Å²) in [5.74, 6) is 1.26. The molecule has 0 unspecified atom stereocenters. The second kappa shape index (κ2) is 7.89. The molecular weight excluding hydrogens is 439 g/mol. The van der Waals surface area contributed by atoms with E-state index < -0.39 is 16.8 Å². The van der Waals surface area contributed by atoms with Gasteiger partial charge in [-0.1, -0.05) is 11.6 Å². The molecule has 1 N–H and O–H groups in total. The monoisotopic (exact) mass is 449 g/mol. The fourth-order valence-corrected chi connectivity index (χ4v) is 3.73. The first kappa shape index (κ1) is 20.1. The van der Waals surface area contributed by atoms with E-state index in [9.17, 15) is 18.4 Å². The minimum Gasteiger partial charge on any atom is -0.454 e. The Labute approximate surface area is 178 Å². The number of hydrogen-bond acceptors (Lipinski definition) is 6. The van der Waals surface area contributed by atoms with Crippen LogP contribution in [0.5, 0.6) is 11.5 Å². The lowest BCUT2D eigenvalue weighted by Crippen LogP contribution is -2.06. The third kappa shape index (κ3) is 4.06. The molecule has 0 fully saturated rings. The number of rotatable bonds is 4. The van der Waals surface area contributed by atoms with Gasteiger partial charge in [0.15, 0.2) is 11.5 Å². The summed E-state index contributed by atoms with van der Waals surface area (Å²) in [5, 5.41) is 14.0. The third-order valence-electron chi connectivity index (χ3n) is 4.18. The van der Waals surface area contributed by atoms with E-state index in [4.69, 9.17) is 21.1 Å². The fraction of sp³-hybridized carbons (Fsp3) is 0.100. The number of nitrogens with one attached hydrogen (secondary N) is 1. The lowest BCUT2D eigenvalue weighted by Gasteiger charge is -2.10. The minimum absolute atomic E-state index is 0.145. The van der Waals surface area contributed by atoms with Gasteiger partial charge in [0.05, 0.1) is 16.3 Å². The number of fused-ring (bicyclic) bond motifs is 1. The first-order valence-electron chi connectivity index (χ1n) is 8.44. The van der Waals surface area contributed by atoms with Crippen molar-refractivity contribution in [1.82, 2.24) is 4.98 Å². The largest absolute Gasteiger partial charge is 0.454 e. The molecule has 2 aromatic carbocycles. The topological polar surface area (TPSA) is 67.2 Å². The zero-order valence-corrected chi connectivity index (χ0v) is 16.5. The van der Waals surface area contributed by atoms with E-state index in [1.807, 2.05) is 12.1 Å². The molecule has 0 atom stereocenters. The number of anilines is 1. The van der Waals surface area contributed by atoms with Gasteiger partial charge in [-0.15, -0.1) is 11.3 Å². The predicted molar refractivity (Wildman–Crippen MR) is 107 cm³/mol. The molecule has 1 aromatic heterocycles. The molecule has 3 aromatic rings. The molecule has 0 radical (unpaired) electrons. The quantitative estimate of drug-likeness (QED) is 0.481. The average molecular weight is 450 g/mol. The van der Waals surface area contributed by atoms with Gasteiger partial charge in [-0.2, -0.15) is 18.4 Å². The zero-order valence-electron chi connectivity index (χ0n) is 15.0. The van der Waals surface area contributed by atoms with Crippen LogP contribution in [0.15, 0.2) is 48.0 Å².